The van der Waals surface area contributed by atoms with Crippen LogP contribution in [0.4, 0.5) is 5.69 Å². The molecule has 0 radical (unpaired) electrons. The number of hydrogen-bond acceptors (Lipinski definition) is 4. The summed E-state index contributed by atoms with van der Waals surface area (Å²) in [6, 6.07) is 6.18. The highest BCUT2D eigenvalue weighted by Crippen LogP contribution is 2.23. The number of nitrogens with one attached hydrogen (secondary N) is 1. The van der Waals surface area contributed by atoms with Gasteiger partial charge in [0.05, 0.1) is 5.75 Å². The van der Waals surface area contributed by atoms with Crippen molar-refractivity contribution in [3.05, 3.63) is 29.8 Å². The number of rotatable bonds is 7. The first-order valence-electron chi connectivity index (χ1n) is 8.32. The SMILES string of the molecule is CC(C)C(C(=O)Nc1ccc(CCC(=O)O)cc1)N1CCCS1(=O)=O. The van der Waals surface area contributed by atoms with Crippen LogP contribution in [0.15, 0.2) is 24.3 Å². The highest BCUT2D eigenvalue weighted by atomic mass is 32.2. The average Bonchev–Trinajstić information content (AvgIpc) is 2.86. The maximum atomic E-state index is 12.6. The van der Waals surface area contributed by atoms with Gasteiger partial charge in [0.2, 0.25) is 15.9 Å². The molecule has 1 aliphatic rings. The lowest BCUT2D eigenvalue weighted by atomic mass is 10.0. The largest absolute Gasteiger partial charge is 0.481 e. The molecule has 2 rings (SSSR count). The number of aryl methyl sites for hydroxylation is 1. The van der Waals surface area contributed by atoms with Crippen molar-refractivity contribution in [2.45, 2.75) is 39.2 Å². The van der Waals surface area contributed by atoms with Crippen molar-refractivity contribution >= 4 is 27.6 Å². The van der Waals surface area contributed by atoms with E-state index >= 15 is 0 Å². The minimum absolute atomic E-state index is 0.0496. The second-order valence-electron chi connectivity index (χ2n) is 6.55. The fourth-order valence-electron chi connectivity index (χ4n) is 2.96. The van der Waals surface area contributed by atoms with Gasteiger partial charge < -0.3 is 10.4 Å². The van der Waals surface area contributed by atoms with Gasteiger partial charge in [-0.1, -0.05) is 26.0 Å². The summed E-state index contributed by atoms with van der Waals surface area (Å²) >= 11 is 0. The monoisotopic (exact) mass is 368 g/mol. The molecule has 1 amide bonds. The number of carboxylic acids is 1. The Morgan fingerprint density at radius 2 is 1.88 bits per heavy atom. The Labute approximate surface area is 148 Å². The number of amides is 1. The predicted octanol–water partition coefficient (Wildman–Crippen LogP) is 1.70. The van der Waals surface area contributed by atoms with Crippen LogP contribution in [0.5, 0.6) is 0 Å². The van der Waals surface area contributed by atoms with Crippen molar-refractivity contribution in [2.24, 2.45) is 5.92 Å². The number of carbonyl (C=O) groups is 2. The Morgan fingerprint density at radius 1 is 1.24 bits per heavy atom. The van der Waals surface area contributed by atoms with Crippen molar-refractivity contribution in [1.29, 1.82) is 0 Å². The van der Waals surface area contributed by atoms with Gasteiger partial charge in [-0.2, -0.15) is 4.31 Å². The summed E-state index contributed by atoms with van der Waals surface area (Å²) in [7, 11) is -3.37. The Hall–Kier alpha value is -1.93. The zero-order valence-corrected chi connectivity index (χ0v) is 15.3. The first-order valence-corrected chi connectivity index (χ1v) is 9.93. The van der Waals surface area contributed by atoms with Crippen LogP contribution in [0.2, 0.25) is 0 Å². The Bertz CT molecular complexity index is 728. The van der Waals surface area contributed by atoms with Crippen molar-refractivity contribution < 1.29 is 23.1 Å². The molecule has 0 spiro atoms. The van der Waals surface area contributed by atoms with E-state index in [-0.39, 0.29) is 24.0 Å². The lowest BCUT2D eigenvalue weighted by molar-refractivity contribution is -0.137. The van der Waals surface area contributed by atoms with Crippen LogP contribution >= 0.6 is 0 Å². The van der Waals surface area contributed by atoms with E-state index in [0.29, 0.717) is 25.1 Å². The minimum Gasteiger partial charge on any atom is -0.481 e. The molecule has 1 unspecified atom stereocenters. The van der Waals surface area contributed by atoms with Gasteiger partial charge in [-0.05, 0) is 36.5 Å². The molecule has 25 heavy (non-hydrogen) atoms. The van der Waals surface area contributed by atoms with Gasteiger partial charge in [0.15, 0.2) is 0 Å². The lowest BCUT2D eigenvalue weighted by Crippen LogP contribution is -2.48. The molecule has 1 atom stereocenters. The van der Waals surface area contributed by atoms with Gasteiger partial charge in [0, 0.05) is 18.7 Å². The number of hydrogen-bond donors (Lipinski definition) is 2. The number of nitrogens with zero attached hydrogens (tertiary/aromatic N) is 1. The van der Waals surface area contributed by atoms with E-state index in [4.69, 9.17) is 5.11 Å². The summed E-state index contributed by atoms with van der Waals surface area (Å²) in [5.74, 6) is -1.27. The number of aliphatic carboxylic acids is 1. The maximum Gasteiger partial charge on any atom is 0.303 e. The summed E-state index contributed by atoms with van der Waals surface area (Å²) < 4.78 is 25.6. The molecule has 0 bridgehead atoms. The van der Waals surface area contributed by atoms with E-state index in [9.17, 15) is 18.0 Å². The molecule has 1 aromatic carbocycles. The van der Waals surface area contributed by atoms with Crippen LogP contribution in [0.1, 0.15) is 32.3 Å². The molecular weight excluding hydrogens is 344 g/mol. The van der Waals surface area contributed by atoms with Gasteiger partial charge in [-0.3, -0.25) is 9.59 Å². The summed E-state index contributed by atoms with van der Waals surface area (Å²) in [5.41, 5.74) is 1.43. The highest BCUT2D eigenvalue weighted by Gasteiger charge is 2.39. The molecule has 0 aromatic heterocycles. The van der Waals surface area contributed by atoms with Crippen molar-refractivity contribution in [1.82, 2.24) is 4.31 Å². The van der Waals surface area contributed by atoms with E-state index in [1.165, 1.54) is 4.31 Å². The Kier molecular flexibility index (Phi) is 6.18. The van der Waals surface area contributed by atoms with Gasteiger partial charge in [-0.15, -0.1) is 0 Å². The molecule has 1 saturated heterocycles. The molecule has 0 saturated carbocycles. The van der Waals surface area contributed by atoms with Crippen LogP contribution in [0.25, 0.3) is 0 Å². The molecule has 2 N–H and O–H groups in total. The molecule has 0 aliphatic carbocycles. The van der Waals surface area contributed by atoms with E-state index in [1.807, 2.05) is 13.8 Å². The molecule has 7 nitrogen and oxygen atoms in total. The standard InChI is InChI=1S/C17H24N2O5S/c1-12(2)16(19-10-3-11-25(19,23)24)17(22)18-14-7-4-13(5-8-14)6-9-15(20)21/h4-5,7-8,12,16H,3,6,9-11H2,1-2H3,(H,18,22)(H,20,21). The van der Waals surface area contributed by atoms with Crippen LogP contribution < -0.4 is 5.32 Å². The smallest absolute Gasteiger partial charge is 0.303 e. The maximum absolute atomic E-state index is 12.6. The topological polar surface area (TPSA) is 104 Å². The quantitative estimate of drug-likeness (QED) is 0.762. The number of benzene rings is 1. The first-order chi connectivity index (χ1) is 11.7. The summed E-state index contributed by atoms with van der Waals surface area (Å²) in [5, 5.41) is 11.5. The number of anilines is 1. The number of carbonyl (C=O) groups excluding carboxylic acids is 1. The van der Waals surface area contributed by atoms with E-state index in [0.717, 1.165) is 5.56 Å². The fraction of sp³-hybridized carbons (Fsp3) is 0.529. The first kappa shape index (κ1) is 19.4. The fourth-order valence-corrected chi connectivity index (χ4v) is 4.78. The van der Waals surface area contributed by atoms with Crippen LogP contribution in [0.3, 0.4) is 0 Å². The molecule has 1 fully saturated rings. The van der Waals surface area contributed by atoms with Crippen LogP contribution in [-0.2, 0) is 26.0 Å². The zero-order valence-electron chi connectivity index (χ0n) is 14.4. The average molecular weight is 368 g/mol. The molecule has 138 valence electrons. The van der Waals surface area contributed by atoms with Gasteiger partial charge in [0.25, 0.3) is 0 Å². The molecular formula is C17H24N2O5S. The Morgan fingerprint density at radius 3 is 2.36 bits per heavy atom. The number of sulfonamides is 1. The van der Waals surface area contributed by atoms with Crippen molar-refractivity contribution in [2.75, 3.05) is 17.6 Å². The van der Waals surface area contributed by atoms with E-state index in [2.05, 4.69) is 5.32 Å². The second kappa shape index (κ2) is 7.97. The predicted molar refractivity (Wildman–Crippen MR) is 94.8 cm³/mol. The normalized spacial score (nSPS) is 18.2. The molecule has 1 heterocycles. The third-order valence-corrected chi connectivity index (χ3v) is 6.13. The summed E-state index contributed by atoms with van der Waals surface area (Å²) in [6.07, 6.45) is 1.01. The highest BCUT2D eigenvalue weighted by molar-refractivity contribution is 7.89. The minimum atomic E-state index is -3.37. The molecule has 8 heteroatoms. The van der Waals surface area contributed by atoms with E-state index in [1.54, 1.807) is 24.3 Å². The number of carboxylic acid groups (broad SMARTS) is 1. The van der Waals surface area contributed by atoms with Gasteiger partial charge in [0.1, 0.15) is 6.04 Å². The van der Waals surface area contributed by atoms with Gasteiger partial charge >= 0.3 is 5.97 Å². The summed E-state index contributed by atoms with van der Waals surface area (Å²) in [4.78, 5) is 23.2. The van der Waals surface area contributed by atoms with E-state index < -0.39 is 22.0 Å². The third-order valence-electron chi connectivity index (χ3n) is 4.20. The molecule has 1 aromatic rings. The van der Waals surface area contributed by atoms with Gasteiger partial charge in [-0.25, -0.2) is 8.42 Å². The third kappa shape index (κ3) is 5.02. The van der Waals surface area contributed by atoms with Crippen LogP contribution in [-0.4, -0.2) is 48.0 Å². The zero-order chi connectivity index (χ0) is 18.6. The Balaban J connectivity index is 2.07. The van der Waals surface area contributed by atoms with Crippen molar-refractivity contribution in [3.8, 4) is 0 Å². The van der Waals surface area contributed by atoms with Crippen LogP contribution in [0, 0.1) is 5.92 Å². The van der Waals surface area contributed by atoms with Crippen molar-refractivity contribution in [3.63, 3.8) is 0 Å². The second-order valence-corrected chi connectivity index (χ2v) is 8.59. The lowest BCUT2D eigenvalue weighted by Gasteiger charge is -2.28. The summed E-state index contributed by atoms with van der Waals surface area (Å²) in [6.45, 7) is 4.02. The molecule has 1 aliphatic heterocycles.